The summed E-state index contributed by atoms with van der Waals surface area (Å²) >= 11 is 6.33. The summed E-state index contributed by atoms with van der Waals surface area (Å²) in [7, 11) is 0. The average Bonchev–Trinajstić information content (AvgIpc) is 2.39. The van der Waals surface area contributed by atoms with Gasteiger partial charge in [0, 0.05) is 25.2 Å². The first-order valence-corrected chi connectivity index (χ1v) is 8.03. The normalized spacial score (nSPS) is 23.7. The van der Waals surface area contributed by atoms with Gasteiger partial charge in [0.15, 0.2) is 0 Å². The summed E-state index contributed by atoms with van der Waals surface area (Å²) in [4.78, 5) is 2.28. The fourth-order valence-electron chi connectivity index (χ4n) is 2.93. The minimum Gasteiger partial charge on any atom is -0.364 e. The van der Waals surface area contributed by atoms with Crippen molar-refractivity contribution in [2.45, 2.75) is 46.7 Å². The zero-order valence-corrected chi connectivity index (χ0v) is 14.3. The molecular formula is C17H26ClFN2. The van der Waals surface area contributed by atoms with Crippen LogP contribution in [0.3, 0.4) is 0 Å². The van der Waals surface area contributed by atoms with Crippen molar-refractivity contribution >= 4 is 17.3 Å². The Labute approximate surface area is 132 Å². The molecule has 1 N–H and O–H groups in total. The Morgan fingerprint density at radius 1 is 1.33 bits per heavy atom. The lowest BCUT2D eigenvalue weighted by molar-refractivity contribution is 0.221. The molecule has 1 saturated heterocycles. The van der Waals surface area contributed by atoms with Crippen LogP contribution in [0.2, 0.25) is 5.02 Å². The minimum atomic E-state index is -0.234. The van der Waals surface area contributed by atoms with Gasteiger partial charge in [-0.1, -0.05) is 46.2 Å². The molecule has 4 heteroatoms. The van der Waals surface area contributed by atoms with E-state index in [1.807, 2.05) is 0 Å². The maximum absolute atomic E-state index is 13.7. The molecule has 0 spiro atoms. The maximum Gasteiger partial charge on any atom is 0.125 e. The van der Waals surface area contributed by atoms with Gasteiger partial charge < -0.3 is 10.2 Å². The highest BCUT2D eigenvalue weighted by atomic mass is 35.5. The van der Waals surface area contributed by atoms with E-state index in [4.69, 9.17) is 11.6 Å². The SMILES string of the molecule is CC(C)C1CNC(C(C)(C)C)CN1c1cc(F)ccc1Cl. The van der Waals surface area contributed by atoms with E-state index in [0.29, 0.717) is 23.0 Å². The molecule has 1 aromatic carbocycles. The molecule has 0 amide bonds. The van der Waals surface area contributed by atoms with Crippen LogP contribution in [0, 0.1) is 17.2 Å². The molecule has 2 atom stereocenters. The van der Waals surface area contributed by atoms with Gasteiger partial charge in [0.25, 0.3) is 0 Å². The number of benzene rings is 1. The van der Waals surface area contributed by atoms with E-state index in [-0.39, 0.29) is 11.2 Å². The predicted octanol–water partition coefficient (Wildman–Crippen LogP) is 4.33. The van der Waals surface area contributed by atoms with E-state index in [1.54, 1.807) is 12.1 Å². The highest BCUT2D eigenvalue weighted by Gasteiger charge is 2.36. The molecule has 1 aromatic rings. The van der Waals surface area contributed by atoms with E-state index in [2.05, 4.69) is 44.8 Å². The first-order chi connectivity index (χ1) is 9.70. The second-order valence-electron chi connectivity index (χ2n) is 7.39. The molecule has 2 rings (SSSR count). The Balaban J connectivity index is 2.36. The van der Waals surface area contributed by atoms with Gasteiger partial charge >= 0.3 is 0 Å². The molecule has 118 valence electrons. The minimum absolute atomic E-state index is 0.153. The molecule has 1 heterocycles. The molecule has 21 heavy (non-hydrogen) atoms. The summed E-state index contributed by atoms with van der Waals surface area (Å²) in [5, 5.41) is 4.27. The summed E-state index contributed by atoms with van der Waals surface area (Å²) in [6, 6.07) is 5.30. The van der Waals surface area contributed by atoms with Crippen molar-refractivity contribution in [2.75, 3.05) is 18.0 Å². The van der Waals surface area contributed by atoms with E-state index in [1.165, 1.54) is 6.07 Å². The first-order valence-electron chi connectivity index (χ1n) is 7.65. The zero-order chi connectivity index (χ0) is 15.8. The summed E-state index contributed by atoms with van der Waals surface area (Å²) in [5.74, 6) is 0.237. The maximum atomic E-state index is 13.7. The molecule has 0 aliphatic carbocycles. The van der Waals surface area contributed by atoms with Crippen molar-refractivity contribution in [2.24, 2.45) is 11.3 Å². The highest BCUT2D eigenvalue weighted by Crippen LogP contribution is 2.34. The van der Waals surface area contributed by atoms with Crippen LogP contribution in [-0.2, 0) is 0 Å². The second-order valence-corrected chi connectivity index (χ2v) is 7.79. The molecule has 0 radical (unpaired) electrons. The van der Waals surface area contributed by atoms with Crippen LogP contribution in [0.15, 0.2) is 18.2 Å². The van der Waals surface area contributed by atoms with Crippen LogP contribution in [-0.4, -0.2) is 25.2 Å². The molecule has 2 nitrogen and oxygen atoms in total. The summed E-state index contributed by atoms with van der Waals surface area (Å²) in [6.45, 7) is 12.8. The Morgan fingerprint density at radius 2 is 2.00 bits per heavy atom. The largest absolute Gasteiger partial charge is 0.364 e. The van der Waals surface area contributed by atoms with Gasteiger partial charge in [0.2, 0.25) is 0 Å². The Hall–Kier alpha value is -0.800. The second kappa shape index (κ2) is 6.13. The third-order valence-corrected chi connectivity index (χ3v) is 4.71. The lowest BCUT2D eigenvalue weighted by Crippen LogP contribution is -2.62. The van der Waals surface area contributed by atoms with Gasteiger partial charge in [0.05, 0.1) is 10.7 Å². The van der Waals surface area contributed by atoms with Crippen LogP contribution in [0.1, 0.15) is 34.6 Å². The van der Waals surface area contributed by atoms with Crippen LogP contribution >= 0.6 is 11.6 Å². The number of anilines is 1. The molecule has 1 fully saturated rings. The van der Waals surface area contributed by atoms with Crippen molar-refractivity contribution in [1.82, 2.24) is 5.32 Å². The number of halogens is 2. The van der Waals surface area contributed by atoms with E-state index in [9.17, 15) is 4.39 Å². The van der Waals surface area contributed by atoms with Gasteiger partial charge in [0.1, 0.15) is 5.82 Å². The predicted molar refractivity (Wildman–Crippen MR) is 88.6 cm³/mol. The van der Waals surface area contributed by atoms with Crippen LogP contribution < -0.4 is 10.2 Å². The van der Waals surface area contributed by atoms with Crippen LogP contribution in [0.5, 0.6) is 0 Å². The van der Waals surface area contributed by atoms with E-state index >= 15 is 0 Å². The number of nitrogens with one attached hydrogen (secondary N) is 1. The molecular weight excluding hydrogens is 287 g/mol. The van der Waals surface area contributed by atoms with Crippen molar-refractivity contribution in [3.63, 3.8) is 0 Å². The molecule has 1 aliphatic rings. The smallest absolute Gasteiger partial charge is 0.125 e. The van der Waals surface area contributed by atoms with Crippen molar-refractivity contribution in [3.05, 3.63) is 29.0 Å². The standard InChI is InChI=1S/C17H26ClFN2/c1-11(2)15-9-20-16(17(3,4)5)10-21(15)14-8-12(19)6-7-13(14)18/h6-8,11,15-16,20H,9-10H2,1-5H3. The lowest BCUT2D eigenvalue weighted by Gasteiger charge is -2.47. The van der Waals surface area contributed by atoms with Gasteiger partial charge in [-0.25, -0.2) is 4.39 Å². The number of piperazine rings is 1. The number of nitrogens with zero attached hydrogens (tertiary/aromatic N) is 1. The van der Waals surface area contributed by atoms with Crippen LogP contribution in [0.4, 0.5) is 10.1 Å². The average molecular weight is 313 g/mol. The van der Waals surface area contributed by atoms with Crippen molar-refractivity contribution in [1.29, 1.82) is 0 Å². The number of rotatable bonds is 2. The fraction of sp³-hybridized carbons (Fsp3) is 0.647. The van der Waals surface area contributed by atoms with Gasteiger partial charge in [-0.05, 0) is 29.5 Å². The third kappa shape index (κ3) is 3.70. The fourth-order valence-corrected chi connectivity index (χ4v) is 3.15. The van der Waals surface area contributed by atoms with Gasteiger partial charge in [-0.15, -0.1) is 0 Å². The first kappa shape index (κ1) is 16.6. The summed E-state index contributed by atoms with van der Waals surface area (Å²) in [5.41, 5.74) is 0.964. The Bertz CT molecular complexity index is 496. The molecule has 0 bridgehead atoms. The highest BCUT2D eigenvalue weighted by molar-refractivity contribution is 6.33. The van der Waals surface area contributed by atoms with Crippen molar-refractivity contribution in [3.8, 4) is 0 Å². The number of hydrogen-bond acceptors (Lipinski definition) is 2. The van der Waals surface area contributed by atoms with Gasteiger partial charge in [-0.3, -0.25) is 0 Å². The molecule has 0 aromatic heterocycles. The zero-order valence-electron chi connectivity index (χ0n) is 13.6. The number of hydrogen-bond donors (Lipinski definition) is 1. The Kier molecular flexibility index (Phi) is 4.84. The van der Waals surface area contributed by atoms with Gasteiger partial charge in [-0.2, -0.15) is 0 Å². The van der Waals surface area contributed by atoms with E-state index in [0.717, 1.165) is 18.8 Å². The molecule has 2 unspecified atom stereocenters. The van der Waals surface area contributed by atoms with Crippen LogP contribution in [0.25, 0.3) is 0 Å². The van der Waals surface area contributed by atoms with E-state index < -0.39 is 0 Å². The Morgan fingerprint density at radius 3 is 2.57 bits per heavy atom. The monoisotopic (exact) mass is 312 g/mol. The topological polar surface area (TPSA) is 15.3 Å². The molecule has 0 saturated carbocycles. The molecule has 1 aliphatic heterocycles. The van der Waals surface area contributed by atoms with Crippen molar-refractivity contribution < 1.29 is 4.39 Å². The lowest BCUT2D eigenvalue weighted by atomic mass is 9.83. The third-order valence-electron chi connectivity index (χ3n) is 4.39. The quantitative estimate of drug-likeness (QED) is 0.874. The summed E-state index contributed by atoms with van der Waals surface area (Å²) in [6.07, 6.45) is 0. The summed E-state index contributed by atoms with van der Waals surface area (Å²) < 4.78 is 13.7.